The molecule has 136 valence electrons. The summed E-state index contributed by atoms with van der Waals surface area (Å²) >= 11 is 0. The number of hydrogen-bond donors (Lipinski definition) is 1. The van der Waals surface area contributed by atoms with Gasteiger partial charge in [-0.25, -0.2) is 0 Å². The molecule has 3 rings (SSSR count). The lowest BCUT2D eigenvalue weighted by Crippen LogP contribution is -2.48. The van der Waals surface area contributed by atoms with Crippen LogP contribution in [0, 0.1) is 0 Å². The van der Waals surface area contributed by atoms with Gasteiger partial charge in [-0.1, -0.05) is 6.07 Å². The van der Waals surface area contributed by atoms with Crippen molar-refractivity contribution in [3.8, 4) is 0 Å². The van der Waals surface area contributed by atoms with Crippen molar-refractivity contribution in [1.29, 1.82) is 0 Å². The molecule has 0 spiro atoms. The molecule has 1 amide bonds. The lowest BCUT2D eigenvalue weighted by Gasteiger charge is -2.36. The fourth-order valence-corrected chi connectivity index (χ4v) is 2.90. The van der Waals surface area contributed by atoms with Crippen LogP contribution in [0.2, 0.25) is 0 Å². The number of nitrogens with one attached hydrogen (secondary N) is 1. The van der Waals surface area contributed by atoms with Crippen LogP contribution in [0.3, 0.4) is 0 Å². The van der Waals surface area contributed by atoms with E-state index < -0.39 is 0 Å². The minimum Gasteiger partial charge on any atom is -0.468 e. The average Bonchev–Trinajstić information content (AvgIpc) is 2.72. The van der Waals surface area contributed by atoms with Crippen LogP contribution in [0.5, 0.6) is 0 Å². The molecule has 0 saturated carbocycles. The predicted molar refractivity (Wildman–Crippen MR) is 99.3 cm³/mol. The molecule has 0 bridgehead atoms. The molecular weight excluding hydrogens is 332 g/mol. The van der Waals surface area contributed by atoms with Crippen molar-refractivity contribution in [2.75, 3.05) is 50.1 Å². The number of hydrogen-bond acceptors (Lipinski definition) is 6. The van der Waals surface area contributed by atoms with Crippen LogP contribution >= 0.6 is 0 Å². The Morgan fingerprint density at radius 2 is 1.96 bits per heavy atom. The average molecular weight is 354 g/mol. The van der Waals surface area contributed by atoms with Gasteiger partial charge in [0.05, 0.1) is 19.0 Å². The first kappa shape index (κ1) is 17.7. The second-order valence-electron chi connectivity index (χ2n) is 6.00. The molecule has 0 radical (unpaired) electrons. The number of esters is 1. The van der Waals surface area contributed by atoms with Crippen molar-refractivity contribution < 1.29 is 14.3 Å². The van der Waals surface area contributed by atoms with E-state index in [-0.39, 0.29) is 18.4 Å². The first-order valence-corrected chi connectivity index (χ1v) is 8.52. The van der Waals surface area contributed by atoms with Crippen molar-refractivity contribution in [3.63, 3.8) is 0 Å². The number of aromatic nitrogens is 1. The number of pyridine rings is 1. The largest absolute Gasteiger partial charge is 0.468 e. The van der Waals surface area contributed by atoms with E-state index in [1.54, 1.807) is 24.4 Å². The Kier molecular flexibility index (Phi) is 5.68. The molecular formula is C19H22N4O3. The molecule has 1 saturated heterocycles. The van der Waals surface area contributed by atoms with Gasteiger partial charge in [-0.05, 0) is 30.3 Å². The molecule has 2 heterocycles. The molecule has 7 nitrogen and oxygen atoms in total. The van der Waals surface area contributed by atoms with Gasteiger partial charge in [0, 0.05) is 43.6 Å². The number of rotatable bonds is 5. The summed E-state index contributed by atoms with van der Waals surface area (Å²) in [5.74, 6) is -0.356. The molecule has 26 heavy (non-hydrogen) atoms. The Morgan fingerprint density at radius 1 is 1.15 bits per heavy atom. The van der Waals surface area contributed by atoms with E-state index >= 15 is 0 Å². The minimum atomic E-state index is -0.353. The second-order valence-corrected chi connectivity index (χ2v) is 6.00. The van der Waals surface area contributed by atoms with Crippen LogP contribution in [0.1, 0.15) is 10.4 Å². The maximum absolute atomic E-state index is 12.8. The summed E-state index contributed by atoms with van der Waals surface area (Å²) in [6, 6.07) is 11.1. The number of benzene rings is 1. The second kappa shape index (κ2) is 8.33. The lowest BCUT2D eigenvalue weighted by molar-refractivity contribution is -0.138. The summed E-state index contributed by atoms with van der Waals surface area (Å²) < 4.78 is 4.61. The molecule has 2 aromatic rings. The highest BCUT2D eigenvalue weighted by Gasteiger charge is 2.22. The standard InChI is InChI=1S/C19H22N4O3/c1-26-18(24)14-21-16-5-2-4-15(12-16)19(25)23-10-8-22(9-11-23)17-6-3-7-20-13-17/h2-7,12-13,21H,8-11,14H2,1H3. The number of carbonyl (C=O) groups is 2. The number of anilines is 2. The third-order valence-electron chi connectivity index (χ3n) is 4.35. The molecule has 0 aliphatic carbocycles. The monoisotopic (exact) mass is 354 g/mol. The molecule has 1 N–H and O–H groups in total. The van der Waals surface area contributed by atoms with Gasteiger partial charge in [0.2, 0.25) is 0 Å². The highest BCUT2D eigenvalue weighted by molar-refractivity contribution is 5.95. The van der Waals surface area contributed by atoms with Gasteiger partial charge in [0.15, 0.2) is 0 Å². The van der Waals surface area contributed by atoms with E-state index in [0.717, 1.165) is 24.5 Å². The molecule has 1 fully saturated rings. The van der Waals surface area contributed by atoms with Crippen molar-refractivity contribution in [3.05, 3.63) is 54.4 Å². The van der Waals surface area contributed by atoms with E-state index in [1.807, 2.05) is 29.3 Å². The van der Waals surface area contributed by atoms with Crippen molar-refractivity contribution in [2.45, 2.75) is 0 Å². The summed E-state index contributed by atoms with van der Waals surface area (Å²) in [6.07, 6.45) is 3.60. The highest BCUT2D eigenvalue weighted by Crippen LogP contribution is 2.17. The van der Waals surface area contributed by atoms with Crippen LogP contribution in [-0.2, 0) is 9.53 Å². The number of methoxy groups -OCH3 is 1. The van der Waals surface area contributed by atoms with E-state index in [1.165, 1.54) is 7.11 Å². The summed E-state index contributed by atoms with van der Waals surface area (Å²) in [6.45, 7) is 2.94. The maximum atomic E-state index is 12.8. The van der Waals surface area contributed by atoms with Crippen molar-refractivity contribution in [2.24, 2.45) is 0 Å². The van der Waals surface area contributed by atoms with Crippen LogP contribution in [0.4, 0.5) is 11.4 Å². The Hall–Kier alpha value is -3.09. The van der Waals surface area contributed by atoms with E-state index in [4.69, 9.17) is 0 Å². The SMILES string of the molecule is COC(=O)CNc1cccc(C(=O)N2CCN(c3cccnc3)CC2)c1. The smallest absolute Gasteiger partial charge is 0.325 e. The van der Waals surface area contributed by atoms with Gasteiger partial charge >= 0.3 is 5.97 Å². The predicted octanol–water partition coefficient (Wildman–Crippen LogP) is 1.63. The molecule has 1 aromatic carbocycles. The van der Waals surface area contributed by atoms with Crippen LogP contribution < -0.4 is 10.2 Å². The van der Waals surface area contributed by atoms with Crippen molar-refractivity contribution >= 4 is 23.3 Å². The number of nitrogens with zero attached hydrogens (tertiary/aromatic N) is 3. The summed E-state index contributed by atoms with van der Waals surface area (Å²) in [4.78, 5) is 32.2. The van der Waals surface area contributed by atoms with Gasteiger partial charge in [-0.15, -0.1) is 0 Å². The van der Waals surface area contributed by atoms with Crippen LogP contribution in [0.25, 0.3) is 0 Å². The Morgan fingerprint density at radius 3 is 2.65 bits per heavy atom. The van der Waals surface area contributed by atoms with Gasteiger partial charge in [0.25, 0.3) is 5.91 Å². The molecule has 7 heteroatoms. The lowest BCUT2D eigenvalue weighted by atomic mass is 10.1. The molecule has 1 aliphatic rings. The number of carbonyl (C=O) groups excluding carboxylic acids is 2. The fourth-order valence-electron chi connectivity index (χ4n) is 2.90. The quantitative estimate of drug-likeness (QED) is 0.823. The summed E-state index contributed by atoms with van der Waals surface area (Å²) in [7, 11) is 1.34. The normalized spacial score (nSPS) is 14.0. The summed E-state index contributed by atoms with van der Waals surface area (Å²) in [5.41, 5.74) is 2.40. The highest BCUT2D eigenvalue weighted by atomic mass is 16.5. The number of amides is 1. The molecule has 0 unspecified atom stereocenters. The van der Waals surface area contributed by atoms with Crippen LogP contribution in [0.15, 0.2) is 48.8 Å². The Bertz CT molecular complexity index is 758. The zero-order valence-corrected chi connectivity index (χ0v) is 14.7. The van der Waals surface area contributed by atoms with Crippen molar-refractivity contribution in [1.82, 2.24) is 9.88 Å². The number of piperazine rings is 1. The third kappa shape index (κ3) is 4.30. The molecule has 1 aliphatic heterocycles. The first-order valence-electron chi connectivity index (χ1n) is 8.52. The van der Waals surface area contributed by atoms with E-state index in [2.05, 4.69) is 19.9 Å². The Balaban J connectivity index is 1.59. The zero-order valence-electron chi connectivity index (χ0n) is 14.7. The van der Waals surface area contributed by atoms with Gasteiger partial charge in [-0.3, -0.25) is 14.6 Å². The molecule has 0 atom stereocenters. The zero-order chi connectivity index (χ0) is 18.4. The minimum absolute atomic E-state index is 0.00226. The topological polar surface area (TPSA) is 74.8 Å². The first-order chi connectivity index (χ1) is 12.7. The van der Waals surface area contributed by atoms with E-state index in [0.29, 0.717) is 18.7 Å². The van der Waals surface area contributed by atoms with Crippen LogP contribution in [-0.4, -0.2) is 61.6 Å². The van der Waals surface area contributed by atoms with Gasteiger partial charge in [0.1, 0.15) is 6.54 Å². The third-order valence-corrected chi connectivity index (χ3v) is 4.35. The van der Waals surface area contributed by atoms with E-state index in [9.17, 15) is 9.59 Å². The fraction of sp³-hybridized carbons (Fsp3) is 0.316. The maximum Gasteiger partial charge on any atom is 0.325 e. The summed E-state index contributed by atoms with van der Waals surface area (Å²) in [5, 5.41) is 2.96. The van der Waals surface area contributed by atoms with Gasteiger partial charge < -0.3 is 19.9 Å². The Labute approximate surface area is 152 Å². The van der Waals surface area contributed by atoms with Gasteiger partial charge in [-0.2, -0.15) is 0 Å². The molecule has 1 aromatic heterocycles. The number of ether oxygens (including phenoxy) is 1.